The highest BCUT2D eigenvalue weighted by Crippen LogP contribution is 2.39. The van der Waals surface area contributed by atoms with Gasteiger partial charge in [-0.25, -0.2) is 4.99 Å². The zero-order valence-corrected chi connectivity index (χ0v) is 16.6. The summed E-state index contributed by atoms with van der Waals surface area (Å²) >= 11 is 0. The van der Waals surface area contributed by atoms with Gasteiger partial charge in [0.2, 0.25) is 0 Å². The molecule has 3 heterocycles. The molecule has 29 heavy (non-hydrogen) atoms. The maximum absolute atomic E-state index is 10.5. The number of rotatable bonds is 7. The van der Waals surface area contributed by atoms with Gasteiger partial charge in [-0.3, -0.25) is 4.98 Å². The molecule has 7 heteroatoms. The first-order chi connectivity index (χ1) is 14.1. The minimum atomic E-state index is -0.916. The normalized spacial score (nSPS) is 15.2. The average Bonchev–Trinajstić information content (AvgIpc) is 3.13. The minimum absolute atomic E-state index is 0.682. The third-order valence-corrected chi connectivity index (χ3v) is 4.83. The molecule has 0 radical (unpaired) electrons. The van der Waals surface area contributed by atoms with Crippen molar-refractivity contribution in [3.8, 4) is 22.6 Å². The van der Waals surface area contributed by atoms with Crippen molar-refractivity contribution in [2.75, 3.05) is 32.6 Å². The summed E-state index contributed by atoms with van der Waals surface area (Å²) in [7, 11) is 4.11. The van der Waals surface area contributed by atoms with Crippen molar-refractivity contribution >= 4 is 12.2 Å². The number of nitrogens with zero attached hydrogens (tertiary/aromatic N) is 4. The number of hydrogen-bond acceptors (Lipinski definition) is 6. The monoisotopic (exact) mass is 391 g/mol. The number of ether oxygens (including phenoxy) is 1. The number of aliphatic hydroxyl groups excluding tert-OH is 1. The van der Waals surface area contributed by atoms with Crippen molar-refractivity contribution in [1.29, 1.82) is 0 Å². The molecule has 0 saturated carbocycles. The van der Waals surface area contributed by atoms with Crippen molar-refractivity contribution in [2.24, 2.45) is 4.99 Å². The Hall–Kier alpha value is -3.16. The lowest BCUT2D eigenvalue weighted by molar-refractivity contribution is 0.189. The van der Waals surface area contributed by atoms with Crippen LogP contribution in [-0.2, 0) is 0 Å². The van der Waals surface area contributed by atoms with Crippen LogP contribution in [0.1, 0.15) is 18.2 Å². The van der Waals surface area contributed by atoms with E-state index < -0.39 is 6.23 Å². The van der Waals surface area contributed by atoms with Gasteiger partial charge in [-0.2, -0.15) is 0 Å². The second kappa shape index (κ2) is 8.46. The molecule has 0 amide bonds. The number of hydrogen-bond donors (Lipinski definition) is 2. The van der Waals surface area contributed by atoms with Crippen molar-refractivity contribution in [3.63, 3.8) is 0 Å². The van der Waals surface area contributed by atoms with Gasteiger partial charge in [0.1, 0.15) is 11.6 Å². The van der Waals surface area contributed by atoms with Crippen LogP contribution in [0.5, 0.6) is 5.75 Å². The molecule has 3 aromatic rings. The Morgan fingerprint density at radius 2 is 2.03 bits per heavy atom. The first-order valence-corrected chi connectivity index (χ1v) is 9.63. The van der Waals surface area contributed by atoms with E-state index in [-0.39, 0.29) is 0 Å². The van der Waals surface area contributed by atoms with Crippen LogP contribution in [0, 0.1) is 0 Å². The average molecular weight is 391 g/mol. The maximum atomic E-state index is 10.5. The van der Waals surface area contributed by atoms with Gasteiger partial charge < -0.3 is 24.6 Å². The van der Waals surface area contributed by atoms with Gasteiger partial charge in [0, 0.05) is 24.5 Å². The molecule has 2 aromatic heterocycles. The van der Waals surface area contributed by atoms with Gasteiger partial charge in [0.25, 0.3) is 0 Å². The van der Waals surface area contributed by atoms with E-state index in [0.29, 0.717) is 6.61 Å². The summed E-state index contributed by atoms with van der Waals surface area (Å²) in [5, 5.41) is 13.7. The molecule has 1 unspecified atom stereocenters. The number of aromatic nitrogens is 2. The van der Waals surface area contributed by atoms with Crippen molar-refractivity contribution in [1.82, 2.24) is 14.5 Å². The molecule has 0 spiro atoms. The number of aliphatic imine (C=N–C) groups is 1. The molecule has 1 aliphatic rings. The quantitative estimate of drug-likeness (QED) is 0.605. The van der Waals surface area contributed by atoms with Gasteiger partial charge in [0.05, 0.1) is 30.4 Å². The van der Waals surface area contributed by atoms with Gasteiger partial charge in [-0.15, -0.1) is 0 Å². The van der Waals surface area contributed by atoms with Gasteiger partial charge in [-0.1, -0.05) is 12.1 Å². The highest BCUT2D eigenvalue weighted by atomic mass is 16.5. The van der Waals surface area contributed by atoms with E-state index >= 15 is 0 Å². The molecule has 1 aliphatic heterocycles. The summed E-state index contributed by atoms with van der Waals surface area (Å²) in [6, 6.07) is 11.8. The highest BCUT2D eigenvalue weighted by molar-refractivity contribution is 5.85. The Bertz CT molecular complexity index is 980. The summed E-state index contributed by atoms with van der Waals surface area (Å²) in [6.07, 6.45) is 7.11. The van der Waals surface area contributed by atoms with Crippen molar-refractivity contribution in [2.45, 2.75) is 12.6 Å². The van der Waals surface area contributed by atoms with E-state index in [1.165, 1.54) is 6.34 Å². The van der Waals surface area contributed by atoms with Crippen LogP contribution in [-0.4, -0.2) is 53.1 Å². The Labute approximate surface area is 170 Å². The number of anilines is 1. The van der Waals surface area contributed by atoms with E-state index in [1.807, 2.05) is 47.2 Å². The zero-order valence-electron chi connectivity index (χ0n) is 16.6. The molecule has 2 N–H and O–H groups in total. The second-order valence-corrected chi connectivity index (χ2v) is 7.21. The molecular formula is C22H25N5O2. The lowest BCUT2D eigenvalue weighted by Gasteiger charge is -2.17. The summed E-state index contributed by atoms with van der Waals surface area (Å²) in [5.74, 6) is 1.63. The number of pyridine rings is 1. The third-order valence-electron chi connectivity index (χ3n) is 4.83. The van der Waals surface area contributed by atoms with Crippen LogP contribution in [0.15, 0.2) is 60.0 Å². The SMILES string of the molecule is CN(C)CCCOc1ccc(-c2cn(-c3cccnc3)c3c2C(O)N=CN3)cc1. The van der Waals surface area contributed by atoms with E-state index in [2.05, 4.69) is 34.3 Å². The molecule has 150 valence electrons. The van der Waals surface area contributed by atoms with Gasteiger partial charge in [-0.05, 0) is 50.3 Å². The Morgan fingerprint density at radius 1 is 1.21 bits per heavy atom. The third kappa shape index (κ3) is 4.16. The Kier molecular flexibility index (Phi) is 5.59. The second-order valence-electron chi connectivity index (χ2n) is 7.21. The van der Waals surface area contributed by atoms with Crippen molar-refractivity contribution in [3.05, 3.63) is 60.6 Å². The fourth-order valence-electron chi connectivity index (χ4n) is 3.40. The summed E-state index contributed by atoms with van der Waals surface area (Å²) in [6.45, 7) is 1.68. The molecule has 0 fully saturated rings. The smallest absolute Gasteiger partial charge is 0.177 e. The van der Waals surface area contributed by atoms with E-state index in [0.717, 1.165) is 46.9 Å². The lowest BCUT2D eigenvalue weighted by Crippen LogP contribution is -2.15. The van der Waals surface area contributed by atoms with Gasteiger partial charge in [0.15, 0.2) is 6.23 Å². The minimum Gasteiger partial charge on any atom is -0.494 e. The van der Waals surface area contributed by atoms with Crippen LogP contribution in [0.25, 0.3) is 16.8 Å². The van der Waals surface area contributed by atoms with Crippen LogP contribution in [0.4, 0.5) is 5.82 Å². The number of aliphatic hydroxyl groups is 1. The van der Waals surface area contributed by atoms with Crippen molar-refractivity contribution < 1.29 is 9.84 Å². The largest absolute Gasteiger partial charge is 0.494 e. The predicted octanol–water partition coefficient (Wildman–Crippen LogP) is 3.31. The molecule has 0 saturated heterocycles. The van der Waals surface area contributed by atoms with Gasteiger partial charge >= 0.3 is 0 Å². The van der Waals surface area contributed by atoms with E-state index in [1.54, 1.807) is 12.4 Å². The standard InChI is InChI=1S/C22H25N5O2/c1-26(2)11-4-12-29-18-8-6-16(7-9-18)19-14-27(17-5-3-10-23-13-17)21-20(19)22(28)25-15-24-21/h3,5-10,13-15,22,28H,4,11-12H2,1-2H3,(H,24,25). The summed E-state index contributed by atoms with van der Waals surface area (Å²) < 4.78 is 7.81. The van der Waals surface area contributed by atoms with Crippen LogP contribution < -0.4 is 10.1 Å². The van der Waals surface area contributed by atoms with Crippen LogP contribution in [0.3, 0.4) is 0 Å². The lowest BCUT2D eigenvalue weighted by atomic mass is 10.0. The first-order valence-electron chi connectivity index (χ1n) is 9.63. The molecule has 7 nitrogen and oxygen atoms in total. The van der Waals surface area contributed by atoms with E-state index in [9.17, 15) is 5.11 Å². The number of fused-ring (bicyclic) bond motifs is 1. The van der Waals surface area contributed by atoms with Crippen LogP contribution >= 0.6 is 0 Å². The van der Waals surface area contributed by atoms with Crippen LogP contribution in [0.2, 0.25) is 0 Å². The molecular weight excluding hydrogens is 366 g/mol. The highest BCUT2D eigenvalue weighted by Gasteiger charge is 2.25. The molecule has 1 aromatic carbocycles. The molecule has 0 aliphatic carbocycles. The molecule has 4 rings (SSSR count). The predicted molar refractivity (Wildman–Crippen MR) is 115 cm³/mol. The zero-order chi connectivity index (χ0) is 20.2. The Balaban J connectivity index is 1.61. The molecule has 1 atom stereocenters. The Morgan fingerprint density at radius 3 is 2.76 bits per heavy atom. The number of benzene rings is 1. The van der Waals surface area contributed by atoms with E-state index in [4.69, 9.17) is 4.74 Å². The molecule has 0 bridgehead atoms. The fourth-order valence-corrected chi connectivity index (χ4v) is 3.40. The summed E-state index contributed by atoms with van der Waals surface area (Å²) in [5.41, 5.74) is 3.56. The first kappa shape index (κ1) is 19.2. The summed E-state index contributed by atoms with van der Waals surface area (Å²) in [4.78, 5) is 10.5. The maximum Gasteiger partial charge on any atom is 0.177 e. The fraction of sp³-hybridized carbons (Fsp3) is 0.273. The topological polar surface area (TPSA) is 74.9 Å². The number of nitrogens with one attached hydrogen (secondary N) is 1.